The average Bonchev–Trinajstić information content (AvgIpc) is 2.83. The van der Waals surface area contributed by atoms with Crippen molar-refractivity contribution in [3.63, 3.8) is 0 Å². The first-order valence-electron chi connectivity index (χ1n) is 4.80. The second kappa shape index (κ2) is 5.08. The topological polar surface area (TPSA) is 57.8 Å². The number of rotatable bonds is 3. The Morgan fingerprint density at radius 1 is 1.59 bits per heavy atom. The summed E-state index contributed by atoms with van der Waals surface area (Å²) in [6.07, 6.45) is 1.74. The quantitative estimate of drug-likeness (QED) is 0.913. The minimum absolute atomic E-state index is 0.246. The zero-order valence-electron chi connectivity index (χ0n) is 8.88. The van der Waals surface area contributed by atoms with Crippen LogP contribution in [0.2, 0.25) is 10.2 Å². The Morgan fingerprint density at radius 3 is 2.88 bits per heavy atom. The summed E-state index contributed by atoms with van der Waals surface area (Å²) in [6.45, 7) is 2.36. The van der Waals surface area contributed by atoms with Crippen molar-refractivity contribution >= 4 is 40.4 Å². The SMILES string of the molecule is Cc1ncc(CNC(=O)c2cc(Cl)c(Cl)[nH]2)s1. The molecule has 2 rings (SSSR count). The molecule has 0 saturated heterocycles. The summed E-state index contributed by atoms with van der Waals surface area (Å²) in [5, 5.41) is 4.33. The molecule has 0 aliphatic rings. The normalized spacial score (nSPS) is 10.5. The van der Waals surface area contributed by atoms with Crippen LogP contribution in [0.25, 0.3) is 0 Å². The predicted molar refractivity (Wildman–Crippen MR) is 68.8 cm³/mol. The molecule has 0 bridgehead atoms. The molecular formula is C10H9Cl2N3OS. The third-order valence-electron chi connectivity index (χ3n) is 2.06. The van der Waals surface area contributed by atoms with E-state index in [1.807, 2.05) is 6.92 Å². The number of amides is 1. The predicted octanol–water partition coefficient (Wildman–Crippen LogP) is 3.02. The van der Waals surface area contributed by atoms with Gasteiger partial charge in [-0.15, -0.1) is 11.3 Å². The molecule has 0 aromatic carbocycles. The van der Waals surface area contributed by atoms with E-state index in [1.165, 1.54) is 6.07 Å². The lowest BCUT2D eigenvalue weighted by Gasteiger charge is -2.00. The zero-order valence-corrected chi connectivity index (χ0v) is 11.2. The number of halogens is 2. The first-order valence-corrected chi connectivity index (χ1v) is 6.37. The van der Waals surface area contributed by atoms with Crippen LogP contribution in [0.1, 0.15) is 20.4 Å². The van der Waals surface area contributed by atoms with Gasteiger partial charge in [0.15, 0.2) is 0 Å². The summed E-state index contributed by atoms with van der Waals surface area (Å²) >= 11 is 13.0. The van der Waals surface area contributed by atoms with Crippen molar-refractivity contribution in [1.29, 1.82) is 0 Å². The molecule has 0 aliphatic heterocycles. The van der Waals surface area contributed by atoms with E-state index < -0.39 is 0 Å². The van der Waals surface area contributed by atoms with E-state index in [0.29, 0.717) is 17.3 Å². The Labute approximate surface area is 112 Å². The number of aromatic amines is 1. The Hall–Kier alpha value is -1.04. The number of hydrogen-bond donors (Lipinski definition) is 2. The van der Waals surface area contributed by atoms with Crippen LogP contribution in [0.4, 0.5) is 0 Å². The fourth-order valence-corrected chi connectivity index (χ4v) is 2.32. The van der Waals surface area contributed by atoms with Crippen LogP contribution in [0, 0.1) is 6.92 Å². The maximum atomic E-state index is 11.7. The van der Waals surface area contributed by atoms with E-state index in [0.717, 1.165) is 9.88 Å². The van der Waals surface area contributed by atoms with Crippen molar-refractivity contribution in [2.75, 3.05) is 0 Å². The molecule has 90 valence electrons. The number of carbonyl (C=O) groups excluding carboxylic acids is 1. The molecule has 2 N–H and O–H groups in total. The van der Waals surface area contributed by atoms with Gasteiger partial charge in [0.25, 0.3) is 5.91 Å². The highest BCUT2D eigenvalue weighted by Crippen LogP contribution is 2.21. The monoisotopic (exact) mass is 289 g/mol. The average molecular weight is 290 g/mol. The Kier molecular flexibility index (Phi) is 3.71. The van der Waals surface area contributed by atoms with Crippen molar-refractivity contribution in [2.45, 2.75) is 13.5 Å². The van der Waals surface area contributed by atoms with Crippen LogP contribution in [0.5, 0.6) is 0 Å². The van der Waals surface area contributed by atoms with Crippen LogP contribution in [-0.2, 0) is 6.54 Å². The van der Waals surface area contributed by atoms with Crippen LogP contribution < -0.4 is 5.32 Å². The number of hydrogen-bond acceptors (Lipinski definition) is 3. The number of nitrogens with one attached hydrogen (secondary N) is 2. The molecule has 2 aromatic rings. The number of H-pyrrole nitrogens is 1. The fraction of sp³-hybridized carbons (Fsp3) is 0.200. The summed E-state index contributed by atoms with van der Waals surface area (Å²) in [4.78, 5) is 19.5. The lowest BCUT2D eigenvalue weighted by atomic mass is 10.4. The maximum absolute atomic E-state index is 11.7. The van der Waals surface area contributed by atoms with E-state index in [4.69, 9.17) is 23.2 Å². The van der Waals surface area contributed by atoms with Gasteiger partial charge in [0, 0.05) is 11.1 Å². The van der Waals surface area contributed by atoms with Gasteiger partial charge in [-0.2, -0.15) is 0 Å². The van der Waals surface area contributed by atoms with Gasteiger partial charge in [0.1, 0.15) is 10.8 Å². The lowest BCUT2D eigenvalue weighted by Crippen LogP contribution is -2.22. The van der Waals surface area contributed by atoms with Crippen LogP contribution in [0.15, 0.2) is 12.3 Å². The molecule has 4 nitrogen and oxygen atoms in total. The minimum atomic E-state index is -0.246. The van der Waals surface area contributed by atoms with Crippen molar-refractivity contribution in [2.24, 2.45) is 0 Å². The highest BCUT2D eigenvalue weighted by molar-refractivity contribution is 7.11. The van der Waals surface area contributed by atoms with E-state index in [9.17, 15) is 4.79 Å². The highest BCUT2D eigenvalue weighted by Gasteiger charge is 2.11. The molecule has 0 unspecified atom stereocenters. The van der Waals surface area contributed by atoms with Crippen LogP contribution in [-0.4, -0.2) is 15.9 Å². The number of nitrogens with zero attached hydrogens (tertiary/aromatic N) is 1. The molecule has 0 fully saturated rings. The third-order valence-corrected chi connectivity index (χ3v) is 3.67. The van der Waals surface area contributed by atoms with E-state index >= 15 is 0 Å². The van der Waals surface area contributed by atoms with Crippen molar-refractivity contribution in [1.82, 2.24) is 15.3 Å². The molecule has 0 radical (unpaired) electrons. The Balaban J connectivity index is 1.98. The molecule has 7 heteroatoms. The van der Waals surface area contributed by atoms with Gasteiger partial charge in [0.2, 0.25) is 0 Å². The molecule has 0 spiro atoms. The summed E-state index contributed by atoms with van der Waals surface area (Å²) in [5.74, 6) is -0.246. The van der Waals surface area contributed by atoms with Crippen molar-refractivity contribution < 1.29 is 4.79 Å². The van der Waals surface area contributed by atoms with Gasteiger partial charge in [-0.25, -0.2) is 4.98 Å². The van der Waals surface area contributed by atoms with Gasteiger partial charge in [-0.05, 0) is 13.0 Å². The standard InChI is InChI=1S/C10H9Cl2N3OS/c1-5-13-3-6(17-5)4-14-10(16)8-2-7(11)9(12)15-8/h2-3,15H,4H2,1H3,(H,14,16). The first kappa shape index (κ1) is 12.4. The second-order valence-electron chi connectivity index (χ2n) is 3.37. The molecule has 17 heavy (non-hydrogen) atoms. The van der Waals surface area contributed by atoms with E-state index in [-0.39, 0.29) is 11.1 Å². The summed E-state index contributed by atoms with van der Waals surface area (Å²) in [5.41, 5.74) is 0.348. The van der Waals surface area contributed by atoms with Crippen molar-refractivity contribution in [3.05, 3.63) is 38.0 Å². The van der Waals surface area contributed by atoms with Crippen molar-refractivity contribution in [3.8, 4) is 0 Å². The second-order valence-corrected chi connectivity index (χ2v) is 5.48. The molecule has 0 aliphatic carbocycles. The zero-order chi connectivity index (χ0) is 12.4. The highest BCUT2D eigenvalue weighted by atomic mass is 35.5. The third kappa shape index (κ3) is 3.00. The fourth-order valence-electron chi connectivity index (χ4n) is 1.28. The van der Waals surface area contributed by atoms with E-state index in [2.05, 4.69) is 15.3 Å². The number of aryl methyl sites for hydroxylation is 1. The minimum Gasteiger partial charge on any atom is -0.346 e. The number of aromatic nitrogens is 2. The van der Waals surface area contributed by atoms with Crippen LogP contribution >= 0.6 is 34.5 Å². The number of carbonyl (C=O) groups is 1. The van der Waals surface area contributed by atoms with Gasteiger partial charge in [0.05, 0.1) is 16.6 Å². The summed E-state index contributed by atoms with van der Waals surface area (Å²) < 4.78 is 0. The largest absolute Gasteiger partial charge is 0.346 e. The molecule has 1 amide bonds. The van der Waals surface area contributed by atoms with Gasteiger partial charge in [-0.1, -0.05) is 23.2 Å². The van der Waals surface area contributed by atoms with Gasteiger partial charge in [-0.3, -0.25) is 4.79 Å². The molecule has 2 aromatic heterocycles. The molecule has 0 atom stereocenters. The van der Waals surface area contributed by atoms with Crippen LogP contribution in [0.3, 0.4) is 0 Å². The van der Waals surface area contributed by atoms with Gasteiger partial charge < -0.3 is 10.3 Å². The summed E-state index contributed by atoms with van der Waals surface area (Å²) in [7, 11) is 0. The number of thiazole rings is 1. The first-order chi connectivity index (χ1) is 8.06. The molecule has 0 saturated carbocycles. The lowest BCUT2D eigenvalue weighted by molar-refractivity contribution is 0.0947. The molecule has 2 heterocycles. The summed E-state index contributed by atoms with van der Waals surface area (Å²) in [6, 6.07) is 1.50. The maximum Gasteiger partial charge on any atom is 0.268 e. The Morgan fingerprint density at radius 2 is 2.35 bits per heavy atom. The van der Waals surface area contributed by atoms with Gasteiger partial charge >= 0.3 is 0 Å². The molecular weight excluding hydrogens is 281 g/mol. The smallest absolute Gasteiger partial charge is 0.268 e. The van der Waals surface area contributed by atoms with E-state index in [1.54, 1.807) is 17.5 Å². The Bertz CT molecular complexity index is 530.